The summed E-state index contributed by atoms with van der Waals surface area (Å²) in [4.78, 5) is 44.5. The van der Waals surface area contributed by atoms with E-state index in [1.165, 1.54) is 0 Å². The number of pyridine rings is 1. The summed E-state index contributed by atoms with van der Waals surface area (Å²) in [5.41, 5.74) is 6.99. The number of fused-ring (bicyclic) bond motifs is 1. The molecule has 2 aromatic carbocycles. The smallest absolute Gasteiger partial charge is 0.311 e. The van der Waals surface area contributed by atoms with Crippen molar-refractivity contribution < 1.29 is 19.1 Å². The van der Waals surface area contributed by atoms with Gasteiger partial charge in [-0.25, -0.2) is 0 Å². The number of carbonyl (C=O) groups is 3. The van der Waals surface area contributed by atoms with E-state index in [-0.39, 0.29) is 37.7 Å². The van der Waals surface area contributed by atoms with Crippen molar-refractivity contribution in [2.45, 2.75) is 32.1 Å². The zero-order chi connectivity index (χ0) is 25.5. The lowest BCUT2D eigenvalue weighted by molar-refractivity contribution is -0.153. The number of nitrogens with two attached hydrogens (primary N) is 1. The first-order chi connectivity index (χ1) is 17.4. The molecule has 0 bridgehead atoms. The van der Waals surface area contributed by atoms with Crippen molar-refractivity contribution in [1.29, 1.82) is 0 Å². The van der Waals surface area contributed by atoms with Gasteiger partial charge in [0.05, 0.1) is 29.6 Å². The SMILES string of the molecule is NCC(=O)N1CCC(COC(=O)Cc2ccc3ccccc3n2)(C(=O)CCc2ccccc2Cl)CC1. The number of Topliss-reactive ketones (excluding diaryl/α,β-unsaturated/α-hetero) is 1. The van der Waals surface area contributed by atoms with E-state index in [0.717, 1.165) is 16.5 Å². The van der Waals surface area contributed by atoms with Crippen LogP contribution in [0.15, 0.2) is 60.7 Å². The number of aryl methyl sites for hydroxylation is 1. The molecule has 2 heterocycles. The molecular formula is C28H30ClN3O4. The maximum absolute atomic E-state index is 13.5. The minimum atomic E-state index is -0.848. The molecule has 1 aliphatic rings. The van der Waals surface area contributed by atoms with Crippen molar-refractivity contribution in [1.82, 2.24) is 9.88 Å². The molecule has 0 saturated carbocycles. The normalized spacial score (nSPS) is 15.0. The van der Waals surface area contributed by atoms with Gasteiger partial charge in [-0.1, -0.05) is 54.1 Å². The predicted octanol–water partition coefficient (Wildman–Crippen LogP) is 3.74. The number of hydrogen-bond donors (Lipinski definition) is 1. The van der Waals surface area contributed by atoms with Crippen LogP contribution in [0.2, 0.25) is 5.02 Å². The Morgan fingerprint density at radius 3 is 2.47 bits per heavy atom. The Kier molecular flexibility index (Phi) is 8.33. The van der Waals surface area contributed by atoms with Gasteiger partial charge in [0.1, 0.15) is 12.4 Å². The number of halogens is 1. The van der Waals surface area contributed by atoms with Gasteiger partial charge >= 0.3 is 5.97 Å². The molecular weight excluding hydrogens is 478 g/mol. The van der Waals surface area contributed by atoms with Crippen molar-refractivity contribution >= 4 is 40.2 Å². The maximum Gasteiger partial charge on any atom is 0.311 e. The van der Waals surface area contributed by atoms with Crippen LogP contribution in [0.5, 0.6) is 0 Å². The highest BCUT2D eigenvalue weighted by Crippen LogP contribution is 2.35. The minimum Gasteiger partial charge on any atom is -0.464 e. The number of rotatable bonds is 9. The van der Waals surface area contributed by atoms with E-state index in [9.17, 15) is 14.4 Å². The highest BCUT2D eigenvalue weighted by Gasteiger charge is 2.42. The van der Waals surface area contributed by atoms with Crippen molar-refractivity contribution in [3.05, 3.63) is 76.9 Å². The van der Waals surface area contributed by atoms with Crippen molar-refractivity contribution in [2.75, 3.05) is 26.2 Å². The van der Waals surface area contributed by atoms with Crippen LogP contribution in [-0.2, 0) is 32.0 Å². The fourth-order valence-electron chi connectivity index (χ4n) is 4.66. The number of hydrogen-bond acceptors (Lipinski definition) is 6. The fourth-order valence-corrected chi connectivity index (χ4v) is 4.89. The summed E-state index contributed by atoms with van der Waals surface area (Å²) in [6.07, 6.45) is 1.63. The molecule has 36 heavy (non-hydrogen) atoms. The van der Waals surface area contributed by atoms with Crippen LogP contribution in [0.3, 0.4) is 0 Å². The van der Waals surface area contributed by atoms with Gasteiger partial charge in [-0.2, -0.15) is 0 Å². The molecule has 4 rings (SSSR count). The van der Waals surface area contributed by atoms with E-state index < -0.39 is 11.4 Å². The molecule has 0 radical (unpaired) electrons. The Balaban J connectivity index is 1.43. The average Bonchev–Trinajstić information content (AvgIpc) is 2.91. The van der Waals surface area contributed by atoms with Gasteiger partial charge in [-0.15, -0.1) is 0 Å². The molecule has 1 aromatic heterocycles. The summed E-state index contributed by atoms with van der Waals surface area (Å²) in [6, 6.07) is 18.9. The number of nitrogens with zero attached hydrogens (tertiary/aromatic N) is 2. The Labute approximate surface area is 215 Å². The first-order valence-corrected chi connectivity index (χ1v) is 12.5. The van der Waals surface area contributed by atoms with Gasteiger partial charge in [0, 0.05) is 29.9 Å². The van der Waals surface area contributed by atoms with Crippen molar-refractivity contribution in [2.24, 2.45) is 11.1 Å². The fraction of sp³-hybridized carbons (Fsp3) is 0.357. The zero-order valence-corrected chi connectivity index (χ0v) is 20.9. The first kappa shape index (κ1) is 25.8. The number of esters is 1. The molecule has 1 saturated heterocycles. The van der Waals surface area contributed by atoms with E-state index in [1.54, 1.807) is 11.0 Å². The lowest BCUT2D eigenvalue weighted by atomic mass is 9.73. The second kappa shape index (κ2) is 11.6. The van der Waals surface area contributed by atoms with Crippen LogP contribution in [0.4, 0.5) is 0 Å². The molecule has 7 nitrogen and oxygen atoms in total. The van der Waals surface area contributed by atoms with E-state index >= 15 is 0 Å². The molecule has 8 heteroatoms. The van der Waals surface area contributed by atoms with E-state index in [1.807, 2.05) is 54.6 Å². The highest BCUT2D eigenvalue weighted by atomic mass is 35.5. The van der Waals surface area contributed by atoms with Crippen molar-refractivity contribution in [3.8, 4) is 0 Å². The minimum absolute atomic E-state index is 0.0129. The highest BCUT2D eigenvalue weighted by molar-refractivity contribution is 6.31. The van der Waals surface area contributed by atoms with Gasteiger partial charge in [-0.05, 0) is 43.0 Å². The molecule has 0 unspecified atom stereocenters. The summed E-state index contributed by atoms with van der Waals surface area (Å²) in [6.45, 7) is 0.710. The van der Waals surface area contributed by atoms with Crippen LogP contribution >= 0.6 is 11.6 Å². The third kappa shape index (κ3) is 6.09. The number of ether oxygens (including phenoxy) is 1. The van der Waals surface area contributed by atoms with Crippen LogP contribution in [0.25, 0.3) is 10.9 Å². The second-order valence-corrected chi connectivity index (χ2v) is 9.62. The number of ketones is 1. The Morgan fingerprint density at radius 2 is 1.72 bits per heavy atom. The van der Waals surface area contributed by atoms with Crippen molar-refractivity contribution in [3.63, 3.8) is 0 Å². The standard InChI is InChI=1S/C28H30ClN3O4/c29-23-7-3-1-5-20(23)10-12-25(33)28(13-15-32(16-14-28)26(34)18-30)19-36-27(35)17-22-11-9-21-6-2-4-8-24(21)31-22/h1-9,11H,10,12-19,30H2. The molecule has 1 amide bonds. The first-order valence-electron chi connectivity index (χ1n) is 12.1. The number of piperidine rings is 1. The summed E-state index contributed by atoms with van der Waals surface area (Å²) >= 11 is 6.27. The molecule has 2 N–H and O–H groups in total. The van der Waals surface area contributed by atoms with Crippen LogP contribution in [0.1, 0.15) is 30.5 Å². The van der Waals surface area contributed by atoms with Gasteiger partial charge < -0.3 is 15.4 Å². The van der Waals surface area contributed by atoms with Gasteiger partial charge in [0.15, 0.2) is 0 Å². The van der Waals surface area contributed by atoms with Crippen LogP contribution < -0.4 is 5.73 Å². The predicted molar refractivity (Wildman–Crippen MR) is 138 cm³/mol. The number of para-hydroxylation sites is 1. The zero-order valence-electron chi connectivity index (χ0n) is 20.1. The number of benzene rings is 2. The lowest BCUT2D eigenvalue weighted by Crippen LogP contribution is -2.50. The van der Waals surface area contributed by atoms with Gasteiger partial charge in [0.25, 0.3) is 0 Å². The van der Waals surface area contributed by atoms with Crippen LogP contribution in [-0.4, -0.2) is 53.8 Å². The van der Waals surface area contributed by atoms with Crippen LogP contribution in [0, 0.1) is 5.41 Å². The number of aromatic nitrogens is 1. The lowest BCUT2D eigenvalue weighted by Gasteiger charge is -2.40. The second-order valence-electron chi connectivity index (χ2n) is 9.21. The average molecular weight is 508 g/mol. The number of amides is 1. The van der Waals surface area contributed by atoms with E-state index in [2.05, 4.69) is 4.98 Å². The summed E-state index contributed by atoms with van der Waals surface area (Å²) in [5, 5.41) is 1.62. The number of likely N-dealkylation sites (tertiary alicyclic amines) is 1. The third-order valence-electron chi connectivity index (χ3n) is 6.91. The van der Waals surface area contributed by atoms with Gasteiger partial charge in [-0.3, -0.25) is 19.4 Å². The topological polar surface area (TPSA) is 103 Å². The van der Waals surface area contributed by atoms with Gasteiger partial charge in [0.2, 0.25) is 5.91 Å². The molecule has 0 spiro atoms. The largest absolute Gasteiger partial charge is 0.464 e. The Hall–Kier alpha value is -3.29. The Morgan fingerprint density at radius 1 is 1.00 bits per heavy atom. The molecule has 1 fully saturated rings. The Bertz CT molecular complexity index is 1250. The summed E-state index contributed by atoms with van der Waals surface area (Å²) in [5.74, 6) is -0.568. The molecule has 1 aliphatic heterocycles. The quantitative estimate of drug-likeness (QED) is 0.442. The summed E-state index contributed by atoms with van der Waals surface area (Å²) in [7, 11) is 0. The molecule has 0 aliphatic carbocycles. The monoisotopic (exact) mass is 507 g/mol. The van der Waals surface area contributed by atoms with E-state index in [0.29, 0.717) is 43.1 Å². The molecule has 0 atom stereocenters. The molecule has 3 aromatic rings. The summed E-state index contributed by atoms with van der Waals surface area (Å²) < 4.78 is 5.67. The number of carbonyl (C=O) groups excluding carboxylic acids is 3. The maximum atomic E-state index is 13.5. The van der Waals surface area contributed by atoms with E-state index in [4.69, 9.17) is 22.1 Å². The molecule has 188 valence electrons. The third-order valence-corrected chi connectivity index (χ3v) is 7.28.